The van der Waals surface area contributed by atoms with Crippen LogP contribution < -0.4 is 0 Å². The first-order valence-electron chi connectivity index (χ1n) is 5.75. The van der Waals surface area contributed by atoms with Crippen LogP contribution in [0.1, 0.15) is 31.2 Å². The van der Waals surface area contributed by atoms with Gasteiger partial charge in [-0.25, -0.2) is 0 Å². The van der Waals surface area contributed by atoms with Gasteiger partial charge in [0.2, 0.25) is 0 Å². The van der Waals surface area contributed by atoms with Crippen molar-refractivity contribution >= 4 is 39.1 Å². The highest BCUT2D eigenvalue weighted by molar-refractivity contribution is 9.09. The third kappa shape index (κ3) is 3.15. The molecule has 2 rings (SSSR count). The summed E-state index contributed by atoms with van der Waals surface area (Å²) in [4.78, 5) is 0.635. The van der Waals surface area contributed by atoms with E-state index in [9.17, 15) is 0 Å². The maximum absolute atomic E-state index is 6.19. The molecule has 0 radical (unpaired) electrons. The van der Waals surface area contributed by atoms with Crippen LogP contribution in [0.5, 0.6) is 0 Å². The number of hydrogen-bond acceptors (Lipinski definition) is 0. The summed E-state index contributed by atoms with van der Waals surface area (Å²) in [6.07, 6.45) is 6.29. The highest BCUT2D eigenvalue weighted by atomic mass is 79.9. The summed E-state index contributed by atoms with van der Waals surface area (Å²) in [5.41, 5.74) is 1.19. The molecule has 1 aromatic rings. The van der Waals surface area contributed by atoms with E-state index in [1.165, 1.54) is 31.2 Å². The summed E-state index contributed by atoms with van der Waals surface area (Å²) in [5.74, 6) is 0.699. The molecule has 3 heteroatoms. The number of hydrogen-bond donors (Lipinski definition) is 0. The Morgan fingerprint density at radius 1 is 1.19 bits per heavy atom. The van der Waals surface area contributed by atoms with Crippen molar-refractivity contribution in [3.05, 3.63) is 33.8 Å². The van der Waals surface area contributed by atoms with Crippen LogP contribution in [0.2, 0.25) is 10.0 Å². The smallest absolute Gasteiger partial charge is 0.0439 e. The molecule has 1 aliphatic carbocycles. The maximum atomic E-state index is 6.19. The van der Waals surface area contributed by atoms with Gasteiger partial charge in [-0.3, -0.25) is 0 Å². The van der Waals surface area contributed by atoms with E-state index in [1.54, 1.807) is 0 Å². The highest BCUT2D eigenvalue weighted by Crippen LogP contribution is 2.34. The molecule has 0 bridgehead atoms. The van der Waals surface area contributed by atoms with E-state index >= 15 is 0 Å². The molecule has 0 heterocycles. The first-order chi connectivity index (χ1) is 7.66. The standard InChI is InChI=1S/C13H15BrCl2/c14-12-4-2-1-3-9(12)7-10-8-11(15)5-6-13(10)16/h5-6,8-9,12H,1-4,7H2. The van der Waals surface area contributed by atoms with Crippen molar-refractivity contribution in [3.8, 4) is 0 Å². The first kappa shape index (κ1) is 12.7. The van der Waals surface area contributed by atoms with E-state index in [2.05, 4.69) is 15.9 Å². The van der Waals surface area contributed by atoms with Crippen molar-refractivity contribution in [2.75, 3.05) is 0 Å². The molecule has 0 spiro atoms. The van der Waals surface area contributed by atoms with Crippen LogP contribution in [0.4, 0.5) is 0 Å². The number of benzene rings is 1. The van der Waals surface area contributed by atoms with Gasteiger partial charge in [0.1, 0.15) is 0 Å². The summed E-state index contributed by atoms with van der Waals surface area (Å²) < 4.78 is 0. The minimum atomic E-state index is 0.635. The number of rotatable bonds is 2. The van der Waals surface area contributed by atoms with E-state index in [1.807, 2.05) is 18.2 Å². The quantitative estimate of drug-likeness (QED) is 0.632. The summed E-state index contributed by atoms with van der Waals surface area (Å²) in [6, 6.07) is 5.74. The lowest BCUT2D eigenvalue weighted by atomic mass is 9.85. The Balaban J connectivity index is 2.10. The minimum absolute atomic E-state index is 0.635. The molecule has 2 unspecified atom stereocenters. The van der Waals surface area contributed by atoms with Crippen molar-refractivity contribution in [2.24, 2.45) is 5.92 Å². The van der Waals surface area contributed by atoms with Gasteiger partial charge >= 0.3 is 0 Å². The third-order valence-electron chi connectivity index (χ3n) is 3.31. The van der Waals surface area contributed by atoms with Crippen molar-refractivity contribution < 1.29 is 0 Å². The molecule has 0 aliphatic heterocycles. The van der Waals surface area contributed by atoms with Gasteiger partial charge in [-0.05, 0) is 48.9 Å². The van der Waals surface area contributed by atoms with Gasteiger partial charge < -0.3 is 0 Å². The summed E-state index contributed by atoms with van der Waals surface area (Å²) in [5, 5.41) is 1.62. The Morgan fingerprint density at radius 3 is 2.69 bits per heavy atom. The van der Waals surface area contributed by atoms with Crippen LogP contribution in [-0.2, 0) is 6.42 Å². The largest absolute Gasteiger partial charge is 0.0888 e. The summed E-state index contributed by atoms with van der Waals surface area (Å²) in [7, 11) is 0. The van der Waals surface area contributed by atoms with Crippen molar-refractivity contribution in [3.63, 3.8) is 0 Å². The van der Waals surface area contributed by atoms with Crippen LogP contribution in [0.15, 0.2) is 18.2 Å². The average Bonchev–Trinajstić information content (AvgIpc) is 2.27. The number of halogens is 3. The third-order valence-corrected chi connectivity index (χ3v) is 5.12. The van der Waals surface area contributed by atoms with Crippen LogP contribution in [0, 0.1) is 5.92 Å². The Labute approximate surface area is 115 Å². The molecule has 88 valence electrons. The van der Waals surface area contributed by atoms with E-state index in [4.69, 9.17) is 23.2 Å². The van der Waals surface area contributed by atoms with Crippen LogP contribution in [0.3, 0.4) is 0 Å². The van der Waals surface area contributed by atoms with Gasteiger partial charge in [0.05, 0.1) is 0 Å². The molecule has 0 N–H and O–H groups in total. The fraction of sp³-hybridized carbons (Fsp3) is 0.538. The second-order valence-electron chi connectivity index (χ2n) is 4.50. The fourth-order valence-electron chi connectivity index (χ4n) is 2.37. The molecule has 1 aromatic carbocycles. The van der Waals surface area contributed by atoms with Crippen molar-refractivity contribution in [1.82, 2.24) is 0 Å². The lowest BCUT2D eigenvalue weighted by Gasteiger charge is -2.27. The average molecular weight is 322 g/mol. The van der Waals surface area contributed by atoms with E-state index in [-0.39, 0.29) is 0 Å². The predicted octanol–water partition coefficient (Wildman–Crippen LogP) is 5.49. The van der Waals surface area contributed by atoms with E-state index in [0.717, 1.165) is 16.5 Å². The van der Waals surface area contributed by atoms with Gasteiger partial charge in [0.25, 0.3) is 0 Å². The summed E-state index contributed by atoms with van der Waals surface area (Å²) >= 11 is 16.0. The lowest BCUT2D eigenvalue weighted by Crippen LogP contribution is -2.21. The lowest BCUT2D eigenvalue weighted by molar-refractivity contribution is 0.373. The Kier molecular flexibility index (Phi) is 4.57. The molecule has 1 fully saturated rings. The zero-order valence-corrected chi connectivity index (χ0v) is 12.2. The molecule has 0 aromatic heterocycles. The van der Waals surface area contributed by atoms with Gasteiger partial charge in [0, 0.05) is 14.9 Å². The zero-order chi connectivity index (χ0) is 11.5. The maximum Gasteiger partial charge on any atom is 0.0439 e. The molecular formula is C13H15BrCl2. The Bertz CT molecular complexity index is 365. The van der Waals surface area contributed by atoms with Gasteiger partial charge in [0.15, 0.2) is 0 Å². The van der Waals surface area contributed by atoms with Gasteiger partial charge in [-0.15, -0.1) is 0 Å². The normalized spacial score (nSPS) is 25.7. The first-order valence-corrected chi connectivity index (χ1v) is 7.42. The number of alkyl halides is 1. The van der Waals surface area contributed by atoms with Crippen LogP contribution >= 0.6 is 39.1 Å². The van der Waals surface area contributed by atoms with Crippen LogP contribution in [-0.4, -0.2) is 4.83 Å². The Hall–Kier alpha value is 0.280. The second kappa shape index (κ2) is 5.75. The molecule has 1 aliphatic rings. The molecule has 0 nitrogen and oxygen atoms in total. The van der Waals surface area contributed by atoms with Crippen molar-refractivity contribution in [2.45, 2.75) is 36.9 Å². The summed E-state index contributed by atoms with van der Waals surface area (Å²) in [6.45, 7) is 0. The predicted molar refractivity (Wildman–Crippen MR) is 74.8 cm³/mol. The molecule has 2 atom stereocenters. The molecule has 1 saturated carbocycles. The Morgan fingerprint density at radius 2 is 1.94 bits per heavy atom. The molecule has 0 amide bonds. The highest BCUT2D eigenvalue weighted by Gasteiger charge is 2.23. The zero-order valence-electron chi connectivity index (χ0n) is 9.06. The van der Waals surface area contributed by atoms with Gasteiger partial charge in [-0.1, -0.05) is 52.0 Å². The fourth-order valence-corrected chi connectivity index (χ4v) is 3.54. The van der Waals surface area contributed by atoms with Crippen LogP contribution in [0.25, 0.3) is 0 Å². The van der Waals surface area contributed by atoms with E-state index in [0.29, 0.717) is 10.7 Å². The molecule has 0 saturated heterocycles. The SMILES string of the molecule is Clc1ccc(Cl)c(CC2CCCCC2Br)c1. The topological polar surface area (TPSA) is 0 Å². The minimum Gasteiger partial charge on any atom is -0.0888 e. The monoisotopic (exact) mass is 320 g/mol. The molecular weight excluding hydrogens is 307 g/mol. The van der Waals surface area contributed by atoms with Crippen molar-refractivity contribution in [1.29, 1.82) is 0 Å². The molecule has 16 heavy (non-hydrogen) atoms. The van der Waals surface area contributed by atoms with Gasteiger partial charge in [-0.2, -0.15) is 0 Å². The second-order valence-corrected chi connectivity index (χ2v) is 6.52. The van der Waals surface area contributed by atoms with E-state index < -0.39 is 0 Å².